The molecule has 0 aromatic heterocycles. The van der Waals surface area contributed by atoms with Crippen molar-refractivity contribution in [3.63, 3.8) is 0 Å². The van der Waals surface area contributed by atoms with Crippen LogP contribution in [0, 0.1) is 0 Å². The molecule has 1 aliphatic rings. The van der Waals surface area contributed by atoms with Crippen molar-refractivity contribution in [2.24, 2.45) is 0 Å². The lowest BCUT2D eigenvalue weighted by molar-refractivity contribution is 0.0258. The van der Waals surface area contributed by atoms with Crippen LogP contribution in [0.3, 0.4) is 0 Å². The smallest absolute Gasteiger partial charge is 0.410 e. The van der Waals surface area contributed by atoms with Crippen molar-refractivity contribution in [3.05, 3.63) is 29.3 Å². The zero-order chi connectivity index (χ0) is 17.3. The molecule has 0 fully saturated rings. The van der Waals surface area contributed by atoms with Crippen LogP contribution in [0.4, 0.5) is 10.5 Å². The van der Waals surface area contributed by atoms with Gasteiger partial charge in [-0.1, -0.05) is 6.07 Å². The van der Waals surface area contributed by atoms with E-state index in [1.165, 1.54) is 0 Å². The number of fused-ring (bicyclic) bond motifs is 1. The van der Waals surface area contributed by atoms with Gasteiger partial charge in [0.25, 0.3) is 0 Å². The van der Waals surface area contributed by atoms with Gasteiger partial charge in [0.1, 0.15) is 5.60 Å². The molecule has 1 aromatic carbocycles. The topological polar surface area (TPSA) is 75.7 Å². The van der Waals surface area contributed by atoms with E-state index in [1.54, 1.807) is 11.0 Å². The Labute approximate surface area is 137 Å². The molecule has 0 saturated heterocycles. The molecule has 0 bridgehead atoms. The highest BCUT2D eigenvalue weighted by atomic mass is 32.2. The highest BCUT2D eigenvalue weighted by molar-refractivity contribution is 7.92. The quantitative estimate of drug-likeness (QED) is 0.897. The molecule has 23 heavy (non-hydrogen) atoms. The first-order chi connectivity index (χ1) is 10.5. The molecule has 0 saturated carbocycles. The summed E-state index contributed by atoms with van der Waals surface area (Å²) in [7, 11) is -3.29. The van der Waals surface area contributed by atoms with E-state index in [-0.39, 0.29) is 6.09 Å². The molecular weight excluding hydrogens is 316 g/mol. The molecule has 0 unspecified atom stereocenters. The van der Waals surface area contributed by atoms with Gasteiger partial charge in [-0.2, -0.15) is 0 Å². The molecule has 1 heterocycles. The Morgan fingerprint density at radius 3 is 2.35 bits per heavy atom. The summed E-state index contributed by atoms with van der Waals surface area (Å²) in [5.74, 6) is 0. The number of hydrogen-bond donors (Lipinski definition) is 1. The summed E-state index contributed by atoms with van der Waals surface area (Å²) in [6.07, 6.45) is 2.23. The van der Waals surface area contributed by atoms with Gasteiger partial charge in [-0.3, -0.25) is 4.72 Å². The molecule has 0 spiro atoms. The second kappa shape index (κ2) is 6.39. The minimum atomic E-state index is -3.29. The van der Waals surface area contributed by atoms with Gasteiger partial charge in [0.05, 0.1) is 6.26 Å². The minimum Gasteiger partial charge on any atom is -0.444 e. The fourth-order valence-electron chi connectivity index (χ4n) is 2.51. The number of sulfonamides is 1. The number of anilines is 1. The Morgan fingerprint density at radius 2 is 1.78 bits per heavy atom. The molecule has 7 heteroatoms. The lowest BCUT2D eigenvalue weighted by atomic mass is 10.0. The summed E-state index contributed by atoms with van der Waals surface area (Å²) in [6.45, 7) is 6.70. The maximum Gasteiger partial charge on any atom is 0.410 e. The summed E-state index contributed by atoms with van der Waals surface area (Å²) in [6, 6.07) is 5.51. The minimum absolute atomic E-state index is 0.306. The number of nitrogens with one attached hydrogen (secondary N) is 1. The van der Waals surface area contributed by atoms with Crippen molar-refractivity contribution < 1.29 is 17.9 Å². The molecule has 1 aliphatic heterocycles. The zero-order valence-electron chi connectivity index (χ0n) is 14.0. The Hall–Kier alpha value is -1.76. The van der Waals surface area contributed by atoms with Crippen LogP contribution in [0.1, 0.15) is 31.9 Å². The van der Waals surface area contributed by atoms with Crippen molar-refractivity contribution in [2.45, 2.75) is 39.2 Å². The zero-order valence-corrected chi connectivity index (χ0v) is 14.9. The Balaban J connectivity index is 2.10. The third-order valence-electron chi connectivity index (χ3n) is 3.46. The van der Waals surface area contributed by atoms with Gasteiger partial charge in [-0.25, -0.2) is 13.2 Å². The van der Waals surface area contributed by atoms with E-state index in [2.05, 4.69) is 4.72 Å². The van der Waals surface area contributed by atoms with E-state index in [1.807, 2.05) is 32.9 Å². The molecule has 0 atom stereocenters. The van der Waals surface area contributed by atoms with Crippen LogP contribution in [0.25, 0.3) is 0 Å². The number of hydrogen-bond acceptors (Lipinski definition) is 4. The number of nitrogens with zero attached hydrogens (tertiary/aromatic N) is 1. The number of carbonyl (C=O) groups excluding carboxylic acids is 1. The maximum atomic E-state index is 12.2. The SMILES string of the molecule is CC(C)(C)OC(=O)N1CCc2ccc(NS(C)(=O)=O)cc2CC1. The maximum absolute atomic E-state index is 12.2. The van der Waals surface area contributed by atoms with Gasteiger partial charge in [0.2, 0.25) is 10.0 Å². The normalized spacial score (nSPS) is 15.6. The molecule has 1 amide bonds. The third-order valence-corrected chi connectivity index (χ3v) is 4.07. The van der Waals surface area contributed by atoms with Gasteiger partial charge in [-0.15, -0.1) is 0 Å². The Morgan fingerprint density at radius 1 is 1.17 bits per heavy atom. The van der Waals surface area contributed by atoms with Crippen molar-refractivity contribution >= 4 is 21.8 Å². The van der Waals surface area contributed by atoms with Gasteiger partial charge in [-0.05, 0) is 56.9 Å². The van der Waals surface area contributed by atoms with E-state index in [0.29, 0.717) is 25.2 Å². The average Bonchev–Trinajstić information content (AvgIpc) is 2.56. The van der Waals surface area contributed by atoms with E-state index >= 15 is 0 Å². The summed E-state index contributed by atoms with van der Waals surface area (Å²) >= 11 is 0. The van der Waals surface area contributed by atoms with Crippen LogP contribution in [0.5, 0.6) is 0 Å². The summed E-state index contributed by atoms with van der Waals surface area (Å²) < 4.78 is 30.6. The molecule has 2 rings (SSSR count). The van der Waals surface area contributed by atoms with Gasteiger partial charge in [0.15, 0.2) is 0 Å². The van der Waals surface area contributed by atoms with Gasteiger partial charge in [0, 0.05) is 18.8 Å². The molecule has 0 aliphatic carbocycles. The van der Waals surface area contributed by atoms with Crippen LogP contribution in [-0.4, -0.2) is 44.4 Å². The third kappa shape index (κ3) is 5.42. The number of carbonyl (C=O) groups is 1. The first-order valence-corrected chi connectivity index (χ1v) is 9.50. The van der Waals surface area contributed by atoms with E-state index in [9.17, 15) is 13.2 Å². The molecule has 1 aromatic rings. The molecule has 0 radical (unpaired) electrons. The average molecular weight is 340 g/mol. The molecule has 128 valence electrons. The van der Waals surface area contributed by atoms with Crippen LogP contribution in [0.15, 0.2) is 18.2 Å². The summed E-state index contributed by atoms with van der Waals surface area (Å²) in [4.78, 5) is 13.9. The largest absolute Gasteiger partial charge is 0.444 e. The predicted octanol–water partition coefficient (Wildman–Crippen LogP) is 2.39. The first kappa shape index (κ1) is 17.6. The second-order valence-corrected chi connectivity index (χ2v) is 8.57. The van der Waals surface area contributed by atoms with E-state index < -0.39 is 15.6 Å². The Kier molecular flexibility index (Phi) is 4.89. The number of benzene rings is 1. The summed E-state index contributed by atoms with van der Waals surface area (Å²) in [5.41, 5.74) is 2.24. The predicted molar refractivity (Wildman–Crippen MR) is 90.1 cm³/mol. The van der Waals surface area contributed by atoms with E-state index in [0.717, 1.165) is 23.8 Å². The van der Waals surface area contributed by atoms with Crippen LogP contribution in [0.2, 0.25) is 0 Å². The Bertz CT molecular complexity index is 693. The fourth-order valence-corrected chi connectivity index (χ4v) is 3.07. The molecule has 1 N–H and O–H groups in total. The standard InChI is InChI=1S/C16H24N2O4S/c1-16(2,3)22-15(19)18-9-7-12-5-6-14(17-23(4,20)21)11-13(12)8-10-18/h5-6,11,17H,7-10H2,1-4H3. The van der Waals surface area contributed by atoms with Gasteiger partial charge < -0.3 is 9.64 Å². The van der Waals surface area contributed by atoms with E-state index in [4.69, 9.17) is 4.74 Å². The lowest BCUT2D eigenvalue weighted by Crippen LogP contribution is -2.38. The number of rotatable bonds is 2. The summed E-state index contributed by atoms with van der Waals surface area (Å²) in [5, 5.41) is 0. The highest BCUT2D eigenvalue weighted by Gasteiger charge is 2.24. The fraction of sp³-hybridized carbons (Fsp3) is 0.562. The first-order valence-electron chi connectivity index (χ1n) is 7.61. The molecular formula is C16H24N2O4S. The molecule has 6 nitrogen and oxygen atoms in total. The second-order valence-electron chi connectivity index (χ2n) is 6.83. The number of amides is 1. The monoisotopic (exact) mass is 340 g/mol. The van der Waals surface area contributed by atoms with Crippen LogP contribution in [-0.2, 0) is 27.6 Å². The van der Waals surface area contributed by atoms with Crippen LogP contribution < -0.4 is 4.72 Å². The van der Waals surface area contributed by atoms with Crippen molar-refractivity contribution in [3.8, 4) is 0 Å². The van der Waals surface area contributed by atoms with Crippen molar-refractivity contribution in [1.82, 2.24) is 4.90 Å². The highest BCUT2D eigenvalue weighted by Crippen LogP contribution is 2.22. The van der Waals surface area contributed by atoms with Crippen molar-refractivity contribution in [2.75, 3.05) is 24.1 Å². The van der Waals surface area contributed by atoms with Crippen LogP contribution >= 0.6 is 0 Å². The van der Waals surface area contributed by atoms with Gasteiger partial charge >= 0.3 is 6.09 Å². The van der Waals surface area contributed by atoms with Crippen molar-refractivity contribution in [1.29, 1.82) is 0 Å². The lowest BCUT2D eigenvalue weighted by Gasteiger charge is -2.26. The number of ether oxygens (including phenoxy) is 1.